The first-order chi connectivity index (χ1) is 10.4. The molecule has 0 radical (unpaired) electrons. The zero-order chi connectivity index (χ0) is 16.3. The van der Waals surface area contributed by atoms with E-state index in [1.807, 2.05) is 26.8 Å². The first-order valence-electron chi connectivity index (χ1n) is 7.39. The van der Waals surface area contributed by atoms with Crippen molar-refractivity contribution < 1.29 is 9.90 Å². The Morgan fingerprint density at radius 3 is 2.73 bits per heavy atom. The van der Waals surface area contributed by atoms with E-state index >= 15 is 0 Å². The molecule has 2 heterocycles. The summed E-state index contributed by atoms with van der Waals surface area (Å²) in [5.41, 5.74) is -0.00633. The van der Waals surface area contributed by atoms with E-state index in [0.717, 1.165) is 5.56 Å². The highest BCUT2D eigenvalue weighted by Crippen LogP contribution is 2.13. The van der Waals surface area contributed by atoms with Crippen LogP contribution in [-0.2, 0) is 0 Å². The van der Waals surface area contributed by atoms with Crippen LogP contribution in [0.3, 0.4) is 0 Å². The van der Waals surface area contributed by atoms with E-state index in [1.54, 1.807) is 12.3 Å². The van der Waals surface area contributed by atoms with Gasteiger partial charge in [-0.15, -0.1) is 0 Å². The number of aromatic nitrogens is 2. The highest BCUT2D eigenvalue weighted by molar-refractivity contribution is 5.93. The Balaban J connectivity index is 2.30. The van der Waals surface area contributed by atoms with Crippen LogP contribution in [0.2, 0.25) is 0 Å². The topological polar surface area (TPSA) is 83.7 Å². The van der Waals surface area contributed by atoms with Crippen LogP contribution >= 0.6 is 0 Å². The molecule has 6 nitrogen and oxygen atoms in total. The molecule has 2 N–H and O–H groups in total. The van der Waals surface area contributed by atoms with Gasteiger partial charge in [-0.05, 0) is 31.4 Å². The predicted molar refractivity (Wildman–Crippen MR) is 84.1 cm³/mol. The molecule has 0 unspecified atom stereocenters. The van der Waals surface area contributed by atoms with Gasteiger partial charge in [-0.3, -0.25) is 14.0 Å². The third-order valence-corrected chi connectivity index (χ3v) is 4.07. The van der Waals surface area contributed by atoms with Crippen molar-refractivity contribution in [2.24, 2.45) is 0 Å². The highest BCUT2D eigenvalue weighted by Gasteiger charge is 2.24. The number of nitrogens with zero attached hydrogens (tertiary/aromatic N) is 2. The fraction of sp³-hybridized carbons (Fsp3) is 0.438. The number of nitrogens with one attached hydrogen (secondary N) is 1. The minimum Gasteiger partial charge on any atom is -0.388 e. The summed E-state index contributed by atoms with van der Waals surface area (Å²) in [5, 5.41) is 12.8. The molecule has 6 heteroatoms. The van der Waals surface area contributed by atoms with Crippen LogP contribution in [0.15, 0.2) is 29.3 Å². The molecule has 1 amide bonds. The second-order valence-corrected chi connectivity index (χ2v) is 5.48. The lowest BCUT2D eigenvalue weighted by Gasteiger charge is -2.25. The maximum atomic E-state index is 12.4. The quantitative estimate of drug-likeness (QED) is 0.871. The molecule has 0 saturated carbocycles. The van der Waals surface area contributed by atoms with Crippen LogP contribution < -0.4 is 10.9 Å². The number of aryl methyl sites for hydroxylation is 1. The Bertz CT molecular complexity index is 748. The summed E-state index contributed by atoms with van der Waals surface area (Å²) in [6.45, 7) is 5.66. The highest BCUT2D eigenvalue weighted by atomic mass is 16.3. The van der Waals surface area contributed by atoms with Gasteiger partial charge >= 0.3 is 0 Å². The lowest BCUT2D eigenvalue weighted by Crippen LogP contribution is -2.43. The molecule has 0 spiro atoms. The van der Waals surface area contributed by atoms with E-state index in [4.69, 9.17) is 0 Å². The molecule has 0 aliphatic carbocycles. The first-order valence-corrected chi connectivity index (χ1v) is 7.39. The number of rotatable bonds is 5. The van der Waals surface area contributed by atoms with Gasteiger partial charge in [-0.1, -0.05) is 19.9 Å². The maximum Gasteiger partial charge on any atom is 0.270 e. The number of carbonyl (C=O) groups is 1. The van der Waals surface area contributed by atoms with Crippen LogP contribution in [0, 0.1) is 6.92 Å². The van der Waals surface area contributed by atoms with Crippen molar-refractivity contribution >= 4 is 11.6 Å². The Labute approximate surface area is 128 Å². The average molecular weight is 303 g/mol. The summed E-state index contributed by atoms with van der Waals surface area (Å²) in [5.74, 6) is -0.520. The van der Waals surface area contributed by atoms with Gasteiger partial charge in [0.1, 0.15) is 11.2 Å². The number of amides is 1. The van der Waals surface area contributed by atoms with Gasteiger partial charge < -0.3 is 10.4 Å². The van der Waals surface area contributed by atoms with Gasteiger partial charge in [0.2, 0.25) is 0 Å². The fourth-order valence-corrected chi connectivity index (χ4v) is 2.24. The van der Waals surface area contributed by atoms with Crippen LogP contribution in [0.4, 0.5) is 0 Å². The van der Waals surface area contributed by atoms with Crippen LogP contribution in [-0.4, -0.2) is 32.5 Å². The molecular weight excluding hydrogens is 282 g/mol. The van der Waals surface area contributed by atoms with Crippen molar-refractivity contribution in [3.63, 3.8) is 0 Å². The zero-order valence-corrected chi connectivity index (χ0v) is 13.1. The number of hydrogen-bond donors (Lipinski definition) is 2. The summed E-state index contributed by atoms with van der Waals surface area (Å²) in [6.07, 6.45) is 3.93. The normalized spacial score (nSPS) is 11.6. The van der Waals surface area contributed by atoms with Gasteiger partial charge in [0.05, 0.1) is 5.60 Å². The fourth-order valence-electron chi connectivity index (χ4n) is 2.24. The molecular formula is C16H21N3O3. The Kier molecular flexibility index (Phi) is 4.61. The first kappa shape index (κ1) is 16.2. The van der Waals surface area contributed by atoms with E-state index in [2.05, 4.69) is 10.3 Å². The molecule has 0 aliphatic rings. The molecule has 2 aromatic heterocycles. The predicted octanol–water partition coefficient (Wildman–Crippen LogP) is 1.28. The Morgan fingerprint density at radius 2 is 2.09 bits per heavy atom. The molecule has 2 rings (SSSR count). The van der Waals surface area contributed by atoms with Crippen LogP contribution in [0.5, 0.6) is 0 Å². The minimum atomic E-state index is -0.952. The molecule has 0 saturated heterocycles. The zero-order valence-electron chi connectivity index (χ0n) is 13.1. The Morgan fingerprint density at radius 1 is 1.41 bits per heavy atom. The van der Waals surface area contributed by atoms with Gasteiger partial charge in [0.25, 0.3) is 11.5 Å². The molecule has 0 atom stereocenters. The summed E-state index contributed by atoms with van der Waals surface area (Å²) < 4.78 is 1.36. The van der Waals surface area contributed by atoms with Gasteiger partial charge in [0, 0.05) is 18.9 Å². The number of aliphatic hydroxyl groups is 1. The second kappa shape index (κ2) is 6.27. The molecule has 0 bridgehead atoms. The van der Waals surface area contributed by atoms with Crippen molar-refractivity contribution in [1.29, 1.82) is 0 Å². The van der Waals surface area contributed by atoms with Crippen molar-refractivity contribution in [3.05, 3.63) is 46.0 Å². The summed E-state index contributed by atoms with van der Waals surface area (Å²) in [7, 11) is 0. The Hall–Kier alpha value is -2.21. The van der Waals surface area contributed by atoms with Crippen LogP contribution in [0.1, 0.15) is 42.6 Å². The second-order valence-electron chi connectivity index (χ2n) is 5.48. The van der Waals surface area contributed by atoms with Crippen molar-refractivity contribution in [2.45, 2.75) is 39.2 Å². The third-order valence-electron chi connectivity index (χ3n) is 4.07. The number of hydrogen-bond acceptors (Lipinski definition) is 4. The summed E-state index contributed by atoms with van der Waals surface area (Å²) in [6, 6.07) is 3.59. The lowest BCUT2D eigenvalue weighted by molar-refractivity contribution is 0.0313. The smallest absolute Gasteiger partial charge is 0.270 e. The van der Waals surface area contributed by atoms with Gasteiger partial charge in [0.15, 0.2) is 0 Å². The largest absolute Gasteiger partial charge is 0.388 e. The number of carbonyl (C=O) groups excluding carboxylic acids is 1. The average Bonchev–Trinajstić information content (AvgIpc) is 2.53. The lowest BCUT2D eigenvalue weighted by atomic mass is 9.97. The number of fused-ring (bicyclic) bond motifs is 1. The molecule has 2 aromatic rings. The molecule has 22 heavy (non-hydrogen) atoms. The van der Waals surface area contributed by atoms with E-state index < -0.39 is 17.1 Å². The van der Waals surface area contributed by atoms with E-state index in [9.17, 15) is 14.7 Å². The summed E-state index contributed by atoms with van der Waals surface area (Å²) in [4.78, 5) is 28.8. The molecule has 0 aliphatic heterocycles. The maximum absolute atomic E-state index is 12.4. The summed E-state index contributed by atoms with van der Waals surface area (Å²) >= 11 is 0. The molecule has 0 fully saturated rings. The van der Waals surface area contributed by atoms with E-state index in [0.29, 0.717) is 18.5 Å². The van der Waals surface area contributed by atoms with Gasteiger partial charge in [-0.25, -0.2) is 4.98 Å². The van der Waals surface area contributed by atoms with Gasteiger partial charge in [-0.2, -0.15) is 0 Å². The van der Waals surface area contributed by atoms with Crippen molar-refractivity contribution in [2.75, 3.05) is 6.54 Å². The standard InChI is InChI=1S/C16H21N3O3/c1-4-16(22,5-2)10-18-14(20)12-9-17-13-11(3)7-6-8-19(13)15(12)21/h6-9,22H,4-5,10H2,1-3H3,(H,18,20). The van der Waals surface area contributed by atoms with E-state index in [-0.39, 0.29) is 12.1 Å². The number of pyridine rings is 1. The van der Waals surface area contributed by atoms with Crippen molar-refractivity contribution in [1.82, 2.24) is 14.7 Å². The third kappa shape index (κ3) is 3.01. The molecule has 118 valence electrons. The molecule has 0 aromatic carbocycles. The minimum absolute atomic E-state index is 0.0299. The van der Waals surface area contributed by atoms with Crippen molar-refractivity contribution in [3.8, 4) is 0 Å². The monoisotopic (exact) mass is 303 g/mol. The SMILES string of the molecule is CCC(O)(CC)CNC(=O)c1cnc2c(C)cccn2c1=O. The van der Waals surface area contributed by atoms with E-state index in [1.165, 1.54) is 10.6 Å². The van der Waals surface area contributed by atoms with Crippen LogP contribution in [0.25, 0.3) is 5.65 Å².